The molecule has 3 aliphatic carbocycles. The van der Waals surface area contributed by atoms with Gasteiger partial charge in [-0.3, -0.25) is 4.55 Å². The van der Waals surface area contributed by atoms with Crippen LogP contribution in [0.2, 0.25) is 0 Å². The van der Waals surface area contributed by atoms with Crippen molar-refractivity contribution in [1.29, 1.82) is 0 Å². The van der Waals surface area contributed by atoms with Crippen LogP contribution in [0.15, 0.2) is 35.5 Å². The van der Waals surface area contributed by atoms with E-state index in [1.807, 2.05) is 6.08 Å². The van der Waals surface area contributed by atoms with Crippen molar-refractivity contribution in [3.63, 3.8) is 0 Å². The highest BCUT2D eigenvalue weighted by Gasteiger charge is 2.50. The molecule has 0 aromatic carbocycles. The molecule has 188 valence electrons. The molecule has 0 bridgehead atoms. The lowest BCUT2D eigenvalue weighted by Crippen LogP contribution is -2.36. The van der Waals surface area contributed by atoms with Crippen LogP contribution >= 0.6 is 0 Å². The van der Waals surface area contributed by atoms with Crippen molar-refractivity contribution in [2.24, 2.45) is 23.2 Å². The van der Waals surface area contributed by atoms with Crippen LogP contribution < -0.4 is 0 Å². The van der Waals surface area contributed by atoms with Crippen LogP contribution in [-0.4, -0.2) is 29.8 Å². The maximum absolute atomic E-state index is 11.2. The highest BCUT2D eigenvalue weighted by molar-refractivity contribution is 7.80. The van der Waals surface area contributed by atoms with Gasteiger partial charge in [0.25, 0.3) is 0 Å². The summed E-state index contributed by atoms with van der Waals surface area (Å²) in [6.45, 7) is 2.66. The van der Waals surface area contributed by atoms with E-state index in [0.717, 1.165) is 43.3 Å². The second-order valence-corrected chi connectivity index (χ2v) is 11.8. The van der Waals surface area contributed by atoms with Gasteiger partial charge in [0, 0.05) is 14.6 Å². The van der Waals surface area contributed by atoms with E-state index in [1.54, 1.807) is 0 Å². The molecule has 2 unspecified atom stereocenters. The topological polar surface area (TPSA) is 83.8 Å². The van der Waals surface area contributed by atoms with Crippen LogP contribution in [0.25, 0.3) is 0 Å². The minimum atomic E-state index is -4.51. The molecular formula is C27H44O5S. The molecule has 0 aromatic rings. The maximum Gasteiger partial charge on any atom is 0.397 e. The Kier molecular flexibility index (Phi) is 6.04. The van der Waals surface area contributed by atoms with Gasteiger partial charge in [0.2, 0.25) is 0 Å². The smallest absolute Gasteiger partial charge is 0.390 e. The number of rotatable bonds is 8. The summed E-state index contributed by atoms with van der Waals surface area (Å²) >= 11 is 0. The van der Waals surface area contributed by atoms with Gasteiger partial charge in [-0.1, -0.05) is 56.6 Å². The van der Waals surface area contributed by atoms with Gasteiger partial charge in [-0.05, 0) is 93.8 Å². The van der Waals surface area contributed by atoms with Crippen molar-refractivity contribution in [2.75, 3.05) is 0 Å². The average Bonchev–Trinajstić information content (AvgIpc) is 3.14. The second-order valence-electron chi connectivity index (χ2n) is 10.8. The lowest BCUT2D eigenvalue weighted by Gasteiger charge is -2.44. The molecule has 33 heavy (non-hydrogen) atoms. The Morgan fingerprint density at radius 2 is 2.06 bits per heavy atom. The Bertz CT molecular complexity index is 1060. The van der Waals surface area contributed by atoms with Crippen LogP contribution in [-0.2, 0) is 14.6 Å². The molecular weight excluding hydrogens is 436 g/mol. The molecule has 2 N–H and O–H groups in total. The summed E-state index contributed by atoms with van der Waals surface area (Å²) in [5, 5.41) is 10.6. The van der Waals surface area contributed by atoms with Gasteiger partial charge < -0.3 is 5.11 Å². The van der Waals surface area contributed by atoms with Crippen molar-refractivity contribution in [1.82, 2.24) is 0 Å². The summed E-state index contributed by atoms with van der Waals surface area (Å²) in [5.74, 6) is 1.07. The average molecular weight is 487 g/mol. The molecule has 5 atom stereocenters. The van der Waals surface area contributed by atoms with Crippen LogP contribution in [0, 0.1) is 23.2 Å². The summed E-state index contributed by atoms with van der Waals surface area (Å²) < 4.78 is 81.8. The van der Waals surface area contributed by atoms with E-state index in [-0.39, 0.29) is 17.8 Å². The lowest BCUT2D eigenvalue weighted by atomic mass is 9.60. The minimum Gasteiger partial charge on any atom is -0.390 e. The van der Waals surface area contributed by atoms with Gasteiger partial charge in [0.05, 0.1) is 11.7 Å². The van der Waals surface area contributed by atoms with Crippen LogP contribution in [0.3, 0.4) is 0 Å². The molecule has 3 aliphatic rings. The van der Waals surface area contributed by atoms with E-state index in [0.29, 0.717) is 43.9 Å². The largest absolute Gasteiger partial charge is 0.397 e. The predicted octanol–water partition coefficient (Wildman–Crippen LogP) is 6.56. The van der Waals surface area contributed by atoms with Gasteiger partial charge in [0.1, 0.15) is 0 Å². The first-order valence-corrected chi connectivity index (χ1v) is 13.6. The van der Waals surface area contributed by atoms with Crippen molar-refractivity contribution in [3.8, 4) is 0 Å². The van der Waals surface area contributed by atoms with E-state index < -0.39 is 35.8 Å². The summed E-state index contributed by atoms with van der Waals surface area (Å²) in [6.07, 6.45) is 11.0. The highest BCUT2D eigenvalue weighted by Crippen LogP contribution is 2.60. The SMILES string of the molecule is [2H]C([2H])([2H])C(O)(CCC[C@@H](C)C1CCC2/C(=C/C=C3/C[C@@H](OS(=O)(=O)O)CCC3=C)CCC[C@@]21C)C([2H])([2H])[2H]. The van der Waals surface area contributed by atoms with E-state index in [4.69, 9.17) is 17.0 Å². The first kappa shape index (κ1) is 19.3. The Morgan fingerprint density at radius 3 is 2.76 bits per heavy atom. The maximum atomic E-state index is 11.2. The first-order chi connectivity index (χ1) is 17.8. The Morgan fingerprint density at radius 1 is 1.30 bits per heavy atom. The summed E-state index contributed by atoms with van der Waals surface area (Å²) in [4.78, 5) is 0. The van der Waals surface area contributed by atoms with E-state index >= 15 is 0 Å². The third kappa shape index (κ3) is 7.03. The van der Waals surface area contributed by atoms with E-state index in [1.165, 1.54) is 5.57 Å². The zero-order chi connectivity index (χ0) is 29.4. The number of hydrogen-bond donors (Lipinski definition) is 2. The number of hydrogen-bond acceptors (Lipinski definition) is 4. The Hall–Kier alpha value is -0.950. The van der Waals surface area contributed by atoms with Crippen molar-refractivity contribution >= 4 is 10.4 Å². The lowest BCUT2D eigenvalue weighted by molar-refractivity contribution is 0.0596. The predicted molar refractivity (Wildman–Crippen MR) is 133 cm³/mol. The summed E-state index contributed by atoms with van der Waals surface area (Å²) in [7, 11) is -4.51. The molecule has 3 fully saturated rings. The van der Waals surface area contributed by atoms with E-state index in [2.05, 4.69) is 26.5 Å². The van der Waals surface area contributed by atoms with Gasteiger partial charge in [-0.25, -0.2) is 4.18 Å². The third-order valence-electron chi connectivity index (χ3n) is 8.35. The van der Waals surface area contributed by atoms with Crippen LogP contribution in [0.5, 0.6) is 0 Å². The molecule has 0 aromatic heterocycles. The molecule has 0 spiro atoms. The van der Waals surface area contributed by atoms with Gasteiger partial charge in [0.15, 0.2) is 0 Å². The molecule has 0 saturated heterocycles. The highest BCUT2D eigenvalue weighted by atomic mass is 32.3. The molecule has 3 saturated carbocycles. The molecule has 6 heteroatoms. The molecule has 0 radical (unpaired) electrons. The first-order valence-electron chi connectivity index (χ1n) is 15.2. The molecule has 0 amide bonds. The minimum absolute atomic E-state index is 0.0759. The van der Waals surface area contributed by atoms with Crippen molar-refractivity contribution in [3.05, 3.63) is 35.5 Å². The Labute approximate surface area is 209 Å². The van der Waals surface area contributed by atoms with Crippen molar-refractivity contribution < 1.29 is 30.5 Å². The zero-order valence-corrected chi connectivity index (χ0v) is 20.8. The van der Waals surface area contributed by atoms with Gasteiger partial charge in [-0.2, -0.15) is 8.42 Å². The fourth-order valence-electron chi connectivity index (χ4n) is 6.73. The normalized spacial score (nSPS) is 38.1. The zero-order valence-electron chi connectivity index (χ0n) is 26.0. The monoisotopic (exact) mass is 486 g/mol. The van der Waals surface area contributed by atoms with Crippen molar-refractivity contribution in [2.45, 2.75) is 110 Å². The molecule has 5 nitrogen and oxygen atoms in total. The van der Waals surface area contributed by atoms with Gasteiger partial charge >= 0.3 is 10.4 Å². The van der Waals surface area contributed by atoms with Crippen LogP contribution in [0.1, 0.15) is 106 Å². The summed E-state index contributed by atoms with van der Waals surface area (Å²) in [5.41, 5.74) is 0.633. The molecule has 0 aliphatic heterocycles. The fraction of sp³-hybridized carbons (Fsp3) is 0.778. The Balaban J connectivity index is 1.69. The second kappa shape index (κ2) is 10.3. The van der Waals surface area contributed by atoms with Crippen LogP contribution in [0.4, 0.5) is 0 Å². The molecule has 3 rings (SSSR count). The number of fused-ring (bicyclic) bond motifs is 1. The fourth-order valence-corrected chi connectivity index (χ4v) is 7.24. The number of aliphatic hydroxyl groups is 1. The van der Waals surface area contributed by atoms with Gasteiger partial charge in [-0.15, -0.1) is 0 Å². The molecule has 0 heterocycles. The summed E-state index contributed by atoms with van der Waals surface area (Å²) in [6, 6.07) is 0. The number of allylic oxidation sites excluding steroid dienone is 4. The van der Waals surface area contributed by atoms with E-state index in [9.17, 15) is 13.5 Å². The quantitative estimate of drug-likeness (QED) is 0.380. The third-order valence-corrected chi connectivity index (χ3v) is 8.86. The standard InChI is InChI=1S/C27H44O5S/c1-19-10-13-23(32-33(29,30)31)18-22(19)12-11-21-9-7-17-27(5)24(14-15-25(21)27)20(2)8-6-16-26(3,4)28/h11-12,20,23-25,28H,1,6-10,13-18H2,2-5H3,(H,29,30,31)/b21-11+,22-12-/t20-,23+,24?,25?,27-/m1/s1/i3D3,4D3.